The molecule has 2 aromatic rings. The summed E-state index contributed by atoms with van der Waals surface area (Å²) in [7, 11) is 0. The minimum Gasteiger partial charge on any atom is -0.312 e. The maximum absolute atomic E-state index is 13.1. The Bertz CT molecular complexity index is 1420. The summed E-state index contributed by atoms with van der Waals surface area (Å²) in [5, 5.41) is 14.9. The quantitative estimate of drug-likeness (QED) is 0.146. The summed E-state index contributed by atoms with van der Waals surface area (Å²) in [6.45, 7) is 3.81. The Labute approximate surface area is 221 Å². The van der Waals surface area contributed by atoms with Crippen LogP contribution in [-0.2, 0) is 9.59 Å². The number of allylic oxidation sites excluding steroid dienone is 2. The van der Waals surface area contributed by atoms with Crippen molar-refractivity contribution >= 4 is 58.3 Å². The highest BCUT2D eigenvalue weighted by Gasteiger charge is 2.36. The predicted molar refractivity (Wildman–Crippen MR) is 143 cm³/mol. The van der Waals surface area contributed by atoms with Crippen LogP contribution in [0.15, 0.2) is 99.7 Å². The number of carbonyl (C=O) groups excluding carboxylic acids is 2. The van der Waals surface area contributed by atoms with E-state index in [0.29, 0.717) is 27.2 Å². The van der Waals surface area contributed by atoms with Crippen molar-refractivity contribution in [2.75, 3.05) is 6.54 Å². The van der Waals surface area contributed by atoms with Crippen LogP contribution in [0, 0.1) is 0 Å². The second-order valence-electron chi connectivity index (χ2n) is 7.64. The number of alkyl halides is 1. The number of H-pyrrole nitrogens is 1. The van der Waals surface area contributed by atoms with E-state index in [0.717, 1.165) is 5.56 Å². The van der Waals surface area contributed by atoms with Crippen molar-refractivity contribution in [3.63, 3.8) is 0 Å². The van der Waals surface area contributed by atoms with Gasteiger partial charge in [-0.1, -0.05) is 54.1 Å². The number of benzene rings is 1. The van der Waals surface area contributed by atoms with E-state index in [9.17, 15) is 9.59 Å². The Hall–Kier alpha value is -3.80. The fourth-order valence-electron chi connectivity index (χ4n) is 3.68. The van der Waals surface area contributed by atoms with Crippen molar-refractivity contribution in [2.45, 2.75) is 10.5 Å². The fraction of sp³-hybridized carbons (Fsp3) is 0.0833. The first kappa shape index (κ1) is 23.9. The first-order valence-corrected chi connectivity index (χ1v) is 12.4. The lowest BCUT2D eigenvalue weighted by Gasteiger charge is -2.33. The Morgan fingerprint density at radius 1 is 1.19 bits per heavy atom. The van der Waals surface area contributed by atoms with Gasteiger partial charge in [-0.05, 0) is 42.2 Å². The van der Waals surface area contributed by atoms with Gasteiger partial charge in [0.2, 0.25) is 0 Å². The molecule has 1 saturated heterocycles. The molecule has 0 saturated carbocycles. The van der Waals surface area contributed by atoms with E-state index >= 15 is 0 Å². The van der Waals surface area contributed by atoms with Crippen LogP contribution >= 0.6 is 35.6 Å². The third-order valence-corrected chi connectivity index (χ3v) is 7.15. The van der Waals surface area contributed by atoms with E-state index in [-0.39, 0.29) is 17.2 Å². The van der Waals surface area contributed by atoms with Crippen LogP contribution in [0.4, 0.5) is 0 Å². The number of aromatic amines is 1. The number of halogens is 1. The number of fused-ring (bicyclic) bond motifs is 1. The van der Waals surface area contributed by atoms with Gasteiger partial charge in [0.05, 0.1) is 0 Å². The van der Waals surface area contributed by atoms with E-state index in [2.05, 4.69) is 27.3 Å². The van der Waals surface area contributed by atoms with E-state index in [1.807, 2.05) is 48.6 Å². The van der Waals surface area contributed by atoms with Crippen molar-refractivity contribution in [3.05, 3.63) is 89.7 Å². The van der Waals surface area contributed by atoms with Crippen molar-refractivity contribution < 1.29 is 9.59 Å². The van der Waals surface area contributed by atoms with Crippen LogP contribution in [0.1, 0.15) is 0 Å². The molecule has 1 unspecified atom stereocenters. The lowest BCUT2D eigenvalue weighted by Crippen LogP contribution is -2.54. The Morgan fingerprint density at radius 2 is 2.00 bits per heavy atom. The molecule has 1 atom stereocenters. The number of rotatable bonds is 6. The van der Waals surface area contributed by atoms with Gasteiger partial charge in [0.25, 0.3) is 11.8 Å². The van der Waals surface area contributed by atoms with E-state index < -0.39 is 17.3 Å². The third-order valence-electron chi connectivity index (χ3n) is 5.39. The number of nitrogens with zero attached hydrogens (tertiary/aromatic N) is 5. The fourth-order valence-corrected chi connectivity index (χ4v) is 5.28. The van der Waals surface area contributed by atoms with Crippen LogP contribution in [0.5, 0.6) is 0 Å². The molecule has 3 aliphatic rings. The van der Waals surface area contributed by atoms with Crippen molar-refractivity contribution in [2.24, 2.45) is 4.99 Å². The molecule has 0 spiro atoms. The summed E-state index contributed by atoms with van der Waals surface area (Å²) in [6.07, 6.45) is 10.3. The third kappa shape index (κ3) is 4.43. The van der Waals surface area contributed by atoms with Crippen LogP contribution in [0.3, 0.4) is 0 Å². The highest BCUT2D eigenvalue weighted by molar-refractivity contribution is 8.03. The Morgan fingerprint density at radius 3 is 2.78 bits per heavy atom. The first-order valence-electron chi connectivity index (χ1n) is 10.7. The molecule has 0 bridgehead atoms. The van der Waals surface area contributed by atoms with Crippen molar-refractivity contribution in [1.29, 1.82) is 0 Å². The highest BCUT2D eigenvalue weighted by atomic mass is 35.5. The van der Waals surface area contributed by atoms with Gasteiger partial charge in [0.1, 0.15) is 27.6 Å². The number of thiocarbonyl (C=S) groups is 1. The summed E-state index contributed by atoms with van der Waals surface area (Å²) in [5.74, 6) is -0.540. The molecular formula is C24H18ClN7O2S2. The topological polar surface area (TPSA) is 107 Å². The van der Waals surface area contributed by atoms with Crippen LogP contribution < -0.4 is 5.32 Å². The molecule has 1 aromatic carbocycles. The molecule has 2 amide bonds. The van der Waals surface area contributed by atoms with Gasteiger partial charge in [-0.25, -0.2) is 4.99 Å². The molecule has 3 aliphatic heterocycles. The number of thioether (sulfide) groups is 1. The molecule has 9 nitrogen and oxygen atoms in total. The minimum atomic E-state index is -0.747. The van der Waals surface area contributed by atoms with Crippen LogP contribution in [0.25, 0.3) is 11.3 Å². The molecule has 4 heterocycles. The standard InChI is InChI=1S/C24H18ClN7O2S2/c1-2-11-32-23(34)16(20(33)27-24(32)35)13-15-19(25)31-12-7-6-10-17(31)26-21(15)36-22-18(28-30-29-22)14-8-4-3-5-9-14/h2-10,12-13,19H,1,11H2,(H,27,33,35)(H,28,29,30). The summed E-state index contributed by atoms with van der Waals surface area (Å²) in [4.78, 5) is 33.7. The molecule has 36 heavy (non-hydrogen) atoms. The molecule has 5 rings (SSSR count). The number of carbonyl (C=O) groups is 2. The van der Waals surface area contributed by atoms with Gasteiger partial charge in [-0.3, -0.25) is 19.8 Å². The monoisotopic (exact) mass is 535 g/mol. The maximum Gasteiger partial charge on any atom is 0.265 e. The minimum absolute atomic E-state index is 0.0243. The van der Waals surface area contributed by atoms with Gasteiger partial charge in [0, 0.05) is 23.9 Å². The number of hydrogen-bond acceptors (Lipinski definition) is 8. The second kappa shape index (κ2) is 10.1. The number of amides is 2. The molecular weight excluding hydrogens is 518 g/mol. The molecule has 180 valence electrons. The molecule has 1 aromatic heterocycles. The maximum atomic E-state index is 13.1. The van der Waals surface area contributed by atoms with Crippen molar-refractivity contribution in [1.82, 2.24) is 30.5 Å². The summed E-state index contributed by atoms with van der Waals surface area (Å²) in [5.41, 5.74) is 1.11. The van der Waals surface area contributed by atoms with Gasteiger partial charge >= 0.3 is 0 Å². The number of aliphatic imine (C=N–C) groups is 1. The molecule has 0 radical (unpaired) electrons. The predicted octanol–water partition coefficient (Wildman–Crippen LogP) is 3.49. The number of hydrogen-bond donors (Lipinski definition) is 2. The first-order chi connectivity index (χ1) is 17.5. The lowest BCUT2D eigenvalue weighted by molar-refractivity contribution is -0.128. The van der Waals surface area contributed by atoms with E-state index in [4.69, 9.17) is 28.8 Å². The largest absolute Gasteiger partial charge is 0.312 e. The van der Waals surface area contributed by atoms with Gasteiger partial charge in [0.15, 0.2) is 10.1 Å². The second-order valence-corrected chi connectivity index (χ2v) is 9.42. The average Bonchev–Trinajstić information content (AvgIpc) is 3.34. The summed E-state index contributed by atoms with van der Waals surface area (Å²) >= 11 is 13.3. The summed E-state index contributed by atoms with van der Waals surface area (Å²) in [6, 6.07) is 9.59. The van der Waals surface area contributed by atoms with Crippen LogP contribution in [0.2, 0.25) is 0 Å². The lowest BCUT2D eigenvalue weighted by atomic mass is 10.1. The highest BCUT2D eigenvalue weighted by Crippen LogP contribution is 2.40. The van der Waals surface area contributed by atoms with E-state index in [1.54, 1.807) is 11.1 Å². The molecule has 1 fully saturated rings. The van der Waals surface area contributed by atoms with Crippen LogP contribution in [-0.4, -0.2) is 60.0 Å². The van der Waals surface area contributed by atoms with Gasteiger partial charge < -0.3 is 4.90 Å². The zero-order chi connectivity index (χ0) is 25.2. The molecule has 0 aliphatic carbocycles. The SMILES string of the molecule is C=CCN1C(=O)C(=CC2=C(Sc3n[nH]nc3-c3ccccc3)N=C3C=CC=CN3C2Cl)C(=O)NC1=S. The zero-order valence-corrected chi connectivity index (χ0v) is 21.0. The smallest absolute Gasteiger partial charge is 0.265 e. The number of aromatic nitrogens is 3. The number of nitrogens with one attached hydrogen (secondary N) is 2. The Kier molecular flexibility index (Phi) is 6.68. The molecule has 12 heteroatoms. The average molecular weight is 536 g/mol. The van der Waals surface area contributed by atoms with Gasteiger partial charge in [-0.15, -0.1) is 11.7 Å². The van der Waals surface area contributed by atoms with E-state index in [1.165, 1.54) is 28.8 Å². The zero-order valence-electron chi connectivity index (χ0n) is 18.6. The molecule has 2 N–H and O–H groups in total. The Balaban J connectivity index is 1.61. The number of amidine groups is 1. The van der Waals surface area contributed by atoms with Crippen molar-refractivity contribution in [3.8, 4) is 11.3 Å². The summed E-state index contributed by atoms with van der Waals surface area (Å²) < 4.78 is 0. The van der Waals surface area contributed by atoms with Gasteiger partial charge in [-0.2, -0.15) is 10.3 Å². The normalized spacial score (nSPS) is 20.6.